The molecule has 0 aromatic heterocycles. The van der Waals surface area contributed by atoms with Crippen molar-refractivity contribution in [2.45, 2.75) is 45.1 Å². The Labute approximate surface area is 148 Å². The summed E-state index contributed by atoms with van der Waals surface area (Å²) in [5.41, 5.74) is 4.12. The molecular weight excluding hydrogens is 336 g/mol. The fourth-order valence-corrected chi connectivity index (χ4v) is 4.48. The van der Waals surface area contributed by atoms with Gasteiger partial charge in [-0.15, -0.1) is 0 Å². The van der Waals surface area contributed by atoms with E-state index in [9.17, 15) is 13.2 Å². The van der Waals surface area contributed by atoms with Crippen molar-refractivity contribution in [1.29, 1.82) is 0 Å². The number of anilines is 2. The minimum atomic E-state index is -3.68. The zero-order valence-electron chi connectivity index (χ0n) is 14.8. The van der Waals surface area contributed by atoms with Gasteiger partial charge in [-0.25, -0.2) is 8.42 Å². The Balaban J connectivity index is 1.96. The summed E-state index contributed by atoms with van der Waals surface area (Å²) in [7, 11) is -3.68. The Morgan fingerprint density at radius 3 is 2.56 bits per heavy atom. The highest BCUT2D eigenvalue weighted by Crippen LogP contribution is 2.34. The summed E-state index contributed by atoms with van der Waals surface area (Å²) < 4.78 is 28.2. The van der Waals surface area contributed by atoms with E-state index in [1.165, 1.54) is 6.92 Å². The van der Waals surface area contributed by atoms with Gasteiger partial charge in [-0.2, -0.15) is 0 Å². The average molecular weight is 358 g/mol. The minimum absolute atomic E-state index is 0.0321. The van der Waals surface area contributed by atoms with Crippen LogP contribution in [-0.4, -0.2) is 20.4 Å². The van der Waals surface area contributed by atoms with E-state index in [1.807, 2.05) is 39.0 Å². The van der Waals surface area contributed by atoms with E-state index < -0.39 is 10.0 Å². The molecule has 6 heteroatoms. The van der Waals surface area contributed by atoms with Crippen LogP contribution in [0.2, 0.25) is 0 Å². The zero-order valence-corrected chi connectivity index (χ0v) is 15.6. The Bertz CT molecular complexity index is 951. The molecule has 5 nitrogen and oxygen atoms in total. The van der Waals surface area contributed by atoms with Gasteiger partial charge in [0.05, 0.1) is 10.6 Å². The summed E-state index contributed by atoms with van der Waals surface area (Å²) in [6.45, 7) is 7.28. The minimum Gasteiger partial charge on any atom is -0.309 e. The molecule has 3 rings (SSSR count). The third-order valence-corrected chi connectivity index (χ3v) is 5.92. The Morgan fingerprint density at radius 1 is 1.16 bits per heavy atom. The number of benzene rings is 2. The van der Waals surface area contributed by atoms with E-state index in [2.05, 4.69) is 4.72 Å². The first-order valence-corrected chi connectivity index (χ1v) is 9.70. The van der Waals surface area contributed by atoms with Crippen LogP contribution in [0.4, 0.5) is 11.4 Å². The number of nitrogens with one attached hydrogen (secondary N) is 1. The van der Waals surface area contributed by atoms with Gasteiger partial charge in [-0.3, -0.25) is 9.52 Å². The second-order valence-electron chi connectivity index (χ2n) is 6.66. The smallest absolute Gasteiger partial charge is 0.261 e. The molecule has 132 valence electrons. The van der Waals surface area contributed by atoms with Crippen LogP contribution < -0.4 is 9.62 Å². The maximum Gasteiger partial charge on any atom is 0.261 e. The maximum atomic E-state index is 12.8. The van der Waals surface area contributed by atoms with E-state index in [-0.39, 0.29) is 16.8 Å². The quantitative estimate of drug-likeness (QED) is 0.914. The van der Waals surface area contributed by atoms with Crippen molar-refractivity contribution < 1.29 is 13.2 Å². The SMILES string of the molecule is CC(=O)N1c2ccc(S(=O)(=O)Nc3cc(C)ccc3C)cc2C[C@H]1C. The van der Waals surface area contributed by atoms with Crippen LogP contribution in [0.5, 0.6) is 0 Å². The second-order valence-corrected chi connectivity index (χ2v) is 8.34. The molecule has 2 aromatic rings. The van der Waals surface area contributed by atoms with Crippen molar-refractivity contribution in [2.75, 3.05) is 9.62 Å². The molecule has 1 amide bonds. The number of fused-ring (bicyclic) bond motifs is 1. The topological polar surface area (TPSA) is 66.5 Å². The molecule has 1 aliphatic heterocycles. The molecule has 0 unspecified atom stereocenters. The summed E-state index contributed by atoms with van der Waals surface area (Å²) >= 11 is 0. The lowest BCUT2D eigenvalue weighted by molar-refractivity contribution is -0.116. The first kappa shape index (κ1) is 17.5. The largest absolute Gasteiger partial charge is 0.309 e. The molecule has 0 fully saturated rings. The zero-order chi connectivity index (χ0) is 18.4. The second kappa shape index (κ2) is 6.19. The lowest BCUT2D eigenvalue weighted by atomic mass is 10.1. The lowest BCUT2D eigenvalue weighted by Crippen LogP contribution is -2.33. The van der Waals surface area contributed by atoms with Crippen molar-refractivity contribution in [3.8, 4) is 0 Å². The van der Waals surface area contributed by atoms with E-state index in [4.69, 9.17) is 0 Å². The molecule has 1 atom stereocenters. The van der Waals surface area contributed by atoms with Crippen molar-refractivity contribution >= 4 is 27.3 Å². The monoisotopic (exact) mass is 358 g/mol. The highest BCUT2D eigenvalue weighted by molar-refractivity contribution is 7.92. The number of rotatable bonds is 3. The van der Waals surface area contributed by atoms with Gasteiger partial charge in [-0.05, 0) is 68.1 Å². The molecule has 0 aliphatic carbocycles. The number of nitrogens with zero attached hydrogens (tertiary/aromatic N) is 1. The summed E-state index contributed by atoms with van der Waals surface area (Å²) in [6.07, 6.45) is 0.655. The van der Waals surface area contributed by atoms with Gasteiger partial charge < -0.3 is 4.90 Å². The molecule has 1 aliphatic rings. The number of carbonyl (C=O) groups excluding carboxylic acids is 1. The predicted molar refractivity (Wildman–Crippen MR) is 99.5 cm³/mol. The van der Waals surface area contributed by atoms with Crippen molar-refractivity contribution in [3.63, 3.8) is 0 Å². The average Bonchev–Trinajstić information content (AvgIpc) is 2.85. The molecule has 0 saturated heterocycles. The van der Waals surface area contributed by atoms with Crippen LogP contribution in [0.15, 0.2) is 41.3 Å². The van der Waals surface area contributed by atoms with Gasteiger partial charge in [0, 0.05) is 18.7 Å². The lowest BCUT2D eigenvalue weighted by Gasteiger charge is -2.20. The predicted octanol–water partition coefficient (Wildman–Crippen LogP) is 3.40. The van der Waals surface area contributed by atoms with Gasteiger partial charge in [0.1, 0.15) is 0 Å². The van der Waals surface area contributed by atoms with Crippen LogP contribution in [0.3, 0.4) is 0 Å². The number of amides is 1. The third-order valence-electron chi connectivity index (χ3n) is 4.55. The van der Waals surface area contributed by atoms with E-state index in [0.717, 1.165) is 22.4 Å². The first-order valence-electron chi connectivity index (χ1n) is 8.22. The van der Waals surface area contributed by atoms with Crippen LogP contribution >= 0.6 is 0 Å². The van der Waals surface area contributed by atoms with Crippen molar-refractivity contribution in [2.24, 2.45) is 0 Å². The standard InChI is InChI=1S/C19H22N2O3S/c1-12-5-6-13(2)18(9-12)20-25(23,24)17-7-8-19-16(11-17)10-14(3)21(19)15(4)22/h5-9,11,14,20H,10H2,1-4H3/t14-/m1/s1. The molecule has 25 heavy (non-hydrogen) atoms. The molecule has 0 radical (unpaired) electrons. The summed E-state index contributed by atoms with van der Waals surface area (Å²) in [5.74, 6) is -0.0321. The Morgan fingerprint density at radius 2 is 1.88 bits per heavy atom. The van der Waals surface area contributed by atoms with Gasteiger partial charge in [-0.1, -0.05) is 12.1 Å². The highest BCUT2D eigenvalue weighted by atomic mass is 32.2. The molecule has 0 spiro atoms. The van der Waals surface area contributed by atoms with E-state index >= 15 is 0 Å². The first-order chi connectivity index (χ1) is 11.7. The fourth-order valence-electron chi connectivity index (χ4n) is 3.30. The van der Waals surface area contributed by atoms with Gasteiger partial charge >= 0.3 is 0 Å². The number of hydrogen-bond donors (Lipinski definition) is 1. The normalized spacial score (nSPS) is 16.6. The summed E-state index contributed by atoms with van der Waals surface area (Å²) in [4.78, 5) is 13.7. The van der Waals surface area contributed by atoms with Crippen LogP contribution in [0.25, 0.3) is 0 Å². The van der Waals surface area contributed by atoms with Gasteiger partial charge in [0.15, 0.2) is 0 Å². The number of hydrogen-bond acceptors (Lipinski definition) is 3. The van der Waals surface area contributed by atoms with Gasteiger partial charge in [0.25, 0.3) is 10.0 Å². The Kier molecular flexibility index (Phi) is 4.33. The third kappa shape index (κ3) is 3.26. The van der Waals surface area contributed by atoms with Crippen LogP contribution in [0.1, 0.15) is 30.5 Å². The molecule has 0 bridgehead atoms. The number of aryl methyl sites for hydroxylation is 2. The van der Waals surface area contributed by atoms with Crippen molar-refractivity contribution in [3.05, 3.63) is 53.1 Å². The molecule has 1 N–H and O–H groups in total. The summed E-state index contributed by atoms with van der Waals surface area (Å²) in [5, 5.41) is 0. The van der Waals surface area contributed by atoms with E-state index in [1.54, 1.807) is 23.1 Å². The summed E-state index contributed by atoms with van der Waals surface area (Å²) in [6, 6.07) is 10.6. The Hall–Kier alpha value is -2.34. The molecule has 0 saturated carbocycles. The maximum absolute atomic E-state index is 12.8. The fraction of sp³-hybridized carbons (Fsp3) is 0.316. The number of sulfonamides is 1. The van der Waals surface area contributed by atoms with Gasteiger partial charge in [0.2, 0.25) is 5.91 Å². The molecule has 1 heterocycles. The highest BCUT2D eigenvalue weighted by Gasteiger charge is 2.30. The van der Waals surface area contributed by atoms with Crippen LogP contribution in [-0.2, 0) is 21.2 Å². The van der Waals surface area contributed by atoms with E-state index in [0.29, 0.717) is 12.1 Å². The van der Waals surface area contributed by atoms with Crippen molar-refractivity contribution in [1.82, 2.24) is 0 Å². The number of carbonyl (C=O) groups is 1. The molecular formula is C19H22N2O3S. The molecule has 2 aromatic carbocycles. The van der Waals surface area contributed by atoms with Crippen LogP contribution in [0, 0.1) is 13.8 Å².